The predicted molar refractivity (Wildman–Crippen MR) is 123 cm³/mol. The first-order valence-corrected chi connectivity index (χ1v) is 11.0. The van der Waals surface area contributed by atoms with Crippen molar-refractivity contribution >= 4 is 0 Å². The smallest absolute Gasteiger partial charge is 0.119 e. The Kier molecular flexibility index (Phi) is 8.30. The number of hydrogen-bond acceptors (Lipinski definition) is 2. The molecule has 0 aliphatic rings. The van der Waals surface area contributed by atoms with Crippen molar-refractivity contribution in [2.24, 2.45) is 0 Å². The van der Waals surface area contributed by atoms with Crippen molar-refractivity contribution in [1.82, 2.24) is 4.98 Å². The Bertz CT molecular complexity index is 835. The van der Waals surface area contributed by atoms with E-state index in [1.54, 1.807) is 0 Å². The molecule has 0 saturated carbocycles. The molecular formula is C27H33NO. The maximum atomic E-state index is 5.65. The Morgan fingerprint density at radius 3 is 1.97 bits per heavy atom. The lowest BCUT2D eigenvalue weighted by Gasteiger charge is -2.07. The molecule has 29 heavy (non-hydrogen) atoms. The van der Waals surface area contributed by atoms with E-state index in [-0.39, 0.29) is 0 Å². The number of aryl methyl sites for hydroxylation is 3. The Balaban J connectivity index is 1.52. The molecule has 0 N–H and O–H groups in total. The molecule has 0 unspecified atom stereocenters. The zero-order valence-corrected chi connectivity index (χ0v) is 17.9. The van der Waals surface area contributed by atoms with Gasteiger partial charge in [-0.1, -0.05) is 69.2 Å². The highest BCUT2D eigenvalue weighted by atomic mass is 16.5. The van der Waals surface area contributed by atoms with E-state index in [9.17, 15) is 0 Å². The Hall–Kier alpha value is -2.61. The predicted octanol–water partition coefficient (Wildman–Crippen LogP) is 7.06. The summed E-state index contributed by atoms with van der Waals surface area (Å²) in [6.07, 6.45) is 10.1. The van der Waals surface area contributed by atoms with Crippen LogP contribution < -0.4 is 4.74 Å². The van der Waals surface area contributed by atoms with E-state index < -0.39 is 0 Å². The van der Waals surface area contributed by atoms with E-state index in [2.05, 4.69) is 74.5 Å². The van der Waals surface area contributed by atoms with Gasteiger partial charge in [0.05, 0.1) is 12.3 Å². The Morgan fingerprint density at radius 2 is 1.31 bits per heavy atom. The normalized spacial score (nSPS) is 10.8. The summed E-state index contributed by atoms with van der Waals surface area (Å²) in [6.45, 7) is 5.15. The third kappa shape index (κ3) is 6.74. The summed E-state index contributed by atoms with van der Waals surface area (Å²) in [4.78, 5) is 4.69. The third-order valence-corrected chi connectivity index (χ3v) is 5.24. The van der Waals surface area contributed by atoms with Crippen LogP contribution in [0.2, 0.25) is 0 Å². The number of unbranched alkanes of at least 4 members (excludes halogenated alkanes) is 2. The van der Waals surface area contributed by atoms with E-state index in [1.807, 2.05) is 6.20 Å². The average Bonchev–Trinajstić information content (AvgIpc) is 2.78. The van der Waals surface area contributed by atoms with Crippen molar-refractivity contribution in [1.29, 1.82) is 0 Å². The molecule has 0 fully saturated rings. The van der Waals surface area contributed by atoms with Crippen LogP contribution in [-0.2, 0) is 19.3 Å². The van der Waals surface area contributed by atoms with Gasteiger partial charge in [0.1, 0.15) is 5.75 Å². The molecule has 0 saturated heterocycles. The molecule has 0 spiro atoms. The monoisotopic (exact) mass is 387 g/mol. The number of nitrogens with zero attached hydrogens (tertiary/aromatic N) is 1. The first-order chi connectivity index (χ1) is 14.3. The van der Waals surface area contributed by atoms with Crippen LogP contribution in [0.5, 0.6) is 5.75 Å². The van der Waals surface area contributed by atoms with Gasteiger partial charge in [0.15, 0.2) is 0 Å². The largest absolute Gasteiger partial charge is 0.494 e. The van der Waals surface area contributed by atoms with Gasteiger partial charge < -0.3 is 4.74 Å². The molecule has 2 aromatic carbocycles. The second-order valence-electron chi connectivity index (χ2n) is 7.70. The molecule has 3 rings (SSSR count). The minimum atomic E-state index is 0.777. The van der Waals surface area contributed by atoms with Gasteiger partial charge in [0, 0.05) is 11.8 Å². The van der Waals surface area contributed by atoms with Crippen molar-refractivity contribution in [3.8, 4) is 17.0 Å². The fourth-order valence-corrected chi connectivity index (χ4v) is 3.43. The van der Waals surface area contributed by atoms with Gasteiger partial charge in [-0.25, -0.2) is 0 Å². The van der Waals surface area contributed by atoms with Gasteiger partial charge in [-0.2, -0.15) is 0 Å². The topological polar surface area (TPSA) is 22.1 Å². The van der Waals surface area contributed by atoms with Crippen LogP contribution in [-0.4, -0.2) is 11.6 Å². The van der Waals surface area contributed by atoms with Crippen LogP contribution in [0.1, 0.15) is 56.2 Å². The van der Waals surface area contributed by atoms with E-state index in [1.165, 1.54) is 47.9 Å². The van der Waals surface area contributed by atoms with Gasteiger partial charge >= 0.3 is 0 Å². The lowest BCUT2D eigenvalue weighted by molar-refractivity contribution is 0.317. The molecule has 0 aliphatic heterocycles. The maximum absolute atomic E-state index is 5.65. The highest BCUT2D eigenvalue weighted by Gasteiger charge is 2.02. The van der Waals surface area contributed by atoms with Crippen molar-refractivity contribution in [3.05, 3.63) is 83.6 Å². The summed E-state index contributed by atoms with van der Waals surface area (Å²) < 4.78 is 5.65. The minimum Gasteiger partial charge on any atom is -0.494 e. The van der Waals surface area contributed by atoms with Crippen LogP contribution in [0.25, 0.3) is 11.3 Å². The summed E-state index contributed by atoms with van der Waals surface area (Å²) in [5.74, 6) is 0.956. The van der Waals surface area contributed by atoms with E-state index in [0.717, 1.165) is 37.3 Å². The number of aromatic nitrogens is 1. The third-order valence-electron chi connectivity index (χ3n) is 5.24. The molecule has 3 aromatic rings. The molecule has 0 radical (unpaired) electrons. The van der Waals surface area contributed by atoms with Crippen LogP contribution >= 0.6 is 0 Å². The fourth-order valence-electron chi connectivity index (χ4n) is 3.43. The van der Waals surface area contributed by atoms with Crippen molar-refractivity contribution in [2.75, 3.05) is 6.61 Å². The van der Waals surface area contributed by atoms with Crippen LogP contribution in [0.4, 0.5) is 0 Å². The lowest BCUT2D eigenvalue weighted by Crippen LogP contribution is -1.96. The Morgan fingerprint density at radius 1 is 0.655 bits per heavy atom. The van der Waals surface area contributed by atoms with Gasteiger partial charge in [-0.15, -0.1) is 0 Å². The van der Waals surface area contributed by atoms with Crippen LogP contribution in [0, 0.1) is 0 Å². The zero-order valence-electron chi connectivity index (χ0n) is 17.9. The molecule has 0 aliphatic carbocycles. The second kappa shape index (κ2) is 11.4. The second-order valence-corrected chi connectivity index (χ2v) is 7.70. The van der Waals surface area contributed by atoms with Gasteiger partial charge in [0.25, 0.3) is 0 Å². The SMILES string of the molecule is CCCCCc1ccc(-c2ccc(CCc3ccc(OCCC)cc3)cn2)cc1. The summed E-state index contributed by atoms with van der Waals surface area (Å²) in [7, 11) is 0. The molecule has 0 atom stereocenters. The summed E-state index contributed by atoms with van der Waals surface area (Å²) in [6, 6.07) is 21.7. The highest BCUT2D eigenvalue weighted by molar-refractivity contribution is 5.59. The number of pyridine rings is 1. The van der Waals surface area contributed by atoms with Gasteiger partial charge in [-0.05, 0) is 67.0 Å². The van der Waals surface area contributed by atoms with Gasteiger partial charge in [-0.3, -0.25) is 4.98 Å². The average molecular weight is 388 g/mol. The molecule has 1 aromatic heterocycles. The molecule has 0 amide bonds. The minimum absolute atomic E-state index is 0.777. The number of hydrogen-bond donors (Lipinski definition) is 0. The number of ether oxygens (including phenoxy) is 1. The molecular weight excluding hydrogens is 354 g/mol. The molecule has 1 heterocycles. The number of benzene rings is 2. The maximum Gasteiger partial charge on any atom is 0.119 e. The number of rotatable bonds is 11. The van der Waals surface area contributed by atoms with E-state index >= 15 is 0 Å². The van der Waals surface area contributed by atoms with Crippen molar-refractivity contribution in [2.45, 2.75) is 58.8 Å². The summed E-state index contributed by atoms with van der Waals surface area (Å²) in [5.41, 5.74) is 6.27. The summed E-state index contributed by atoms with van der Waals surface area (Å²) in [5, 5.41) is 0. The van der Waals surface area contributed by atoms with Crippen LogP contribution in [0.3, 0.4) is 0 Å². The standard InChI is InChI=1S/C27H33NO/c1-3-5-6-7-22-10-15-25(16-11-22)27-19-14-24(21-28-27)9-8-23-12-17-26(18-13-23)29-20-4-2/h10-19,21H,3-9,20H2,1-2H3. The molecule has 0 bridgehead atoms. The first kappa shape index (κ1) is 21.1. The van der Waals surface area contributed by atoms with Crippen molar-refractivity contribution < 1.29 is 4.74 Å². The lowest BCUT2D eigenvalue weighted by atomic mass is 10.0. The van der Waals surface area contributed by atoms with E-state index in [0.29, 0.717) is 0 Å². The quantitative estimate of drug-likeness (QED) is 0.329. The van der Waals surface area contributed by atoms with Gasteiger partial charge in [0.2, 0.25) is 0 Å². The molecule has 152 valence electrons. The summed E-state index contributed by atoms with van der Waals surface area (Å²) >= 11 is 0. The Labute approximate surface area is 176 Å². The van der Waals surface area contributed by atoms with Crippen molar-refractivity contribution in [3.63, 3.8) is 0 Å². The molecule has 2 heteroatoms. The van der Waals surface area contributed by atoms with Crippen LogP contribution in [0.15, 0.2) is 66.9 Å². The zero-order chi connectivity index (χ0) is 20.3. The molecule has 2 nitrogen and oxygen atoms in total. The van der Waals surface area contributed by atoms with E-state index in [4.69, 9.17) is 9.72 Å². The fraction of sp³-hybridized carbons (Fsp3) is 0.370. The highest BCUT2D eigenvalue weighted by Crippen LogP contribution is 2.20. The first-order valence-electron chi connectivity index (χ1n) is 11.0.